The van der Waals surface area contributed by atoms with Gasteiger partial charge in [-0.25, -0.2) is 9.48 Å². The molecule has 3 N–H and O–H groups in total. The van der Waals surface area contributed by atoms with Crippen LogP contribution in [-0.2, 0) is 6.54 Å². The molecule has 0 bridgehead atoms. The van der Waals surface area contributed by atoms with Crippen LogP contribution < -0.4 is 10.6 Å². The number of hydrogen-bond donors (Lipinski definition) is 3. The predicted molar refractivity (Wildman–Crippen MR) is 86.0 cm³/mol. The lowest BCUT2D eigenvalue weighted by Gasteiger charge is -2.27. The van der Waals surface area contributed by atoms with Gasteiger partial charge in [-0.05, 0) is 25.0 Å². The summed E-state index contributed by atoms with van der Waals surface area (Å²) in [5.74, 6) is 0.597. The van der Waals surface area contributed by atoms with Gasteiger partial charge in [-0.15, -0.1) is 0 Å². The smallest absolute Gasteiger partial charge is 0.320 e. The maximum Gasteiger partial charge on any atom is 0.320 e. The zero-order valence-corrected chi connectivity index (χ0v) is 12.9. The first-order valence-corrected chi connectivity index (χ1v) is 7.83. The summed E-state index contributed by atoms with van der Waals surface area (Å²) in [6, 6.07) is 7.10. The summed E-state index contributed by atoms with van der Waals surface area (Å²) >= 11 is 0. The molecule has 1 aliphatic carbocycles. The van der Waals surface area contributed by atoms with Crippen LogP contribution >= 0.6 is 0 Å². The number of aromatic nitrogens is 3. The Morgan fingerprint density at radius 3 is 2.78 bits per heavy atom. The zero-order chi connectivity index (χ0) is 16.1. The van der Waals surface area contributed by atoms with Crippen LogP contribution in [0.25, 0.3) is 0 Å². The topological polar surface area (TPSA) is 92.1 Å². The maximum atomic E-state index is 12.2. The summed E-state index contributed by atoms with van der Waals surface area (Å²) in [7, 11) is 0. The molecule has 2 aromatic rings. The lowest BCUT2D eigenvalue weighted by atomic mass is 9.99. The molecule has 0 saturated heterocycles. The summed E-state index contributed by atoms with van der Waals surface area (Å²) in [4.78, 5) is 16.5. The van der Waals surface area contributed by atoms with Gasteiger partial charge in [0, 0.05) is 12.3 Å². The number of aliphatic hydroxyl groups is 1. The summed E-state index contributed by atoms with van der Waals surface area (Å²) in [6.07, 6.45) is 7.03. The van der Waals surface area contributed by atoms with Crippen LogP contribution in [0.1, 0.15) is 31.4 Å². The highest BCUT2D eigenvalue weighted by molar-refractivity contribution is 5.88. The molecule has 122 valence electrons. The van der Waals surface area contributed by atoms with E-state index >= 15 is 0 Å². The van der Waals surface area contributed by atoms with Gasteiger partial charge in [0.15, 0.2) is 0 Å². The molecule has 7 nitrogen and oxygen atoms in total. The Bertz CT molecular complexity index is 650. The first-order valence-electron chi connectivity index (χ1n) is 7.83. The molecule has 0 atom stereocenters. The molecule has 0 unspecified atom stereocenters. The van der Waals surface area contributed by atoms with Crippen molar-refractivity contribution in [2.75, 3.05) is 11.9 Å². The van der Waals surface area contributed by atoms with Gasteiger partial charge in [0.05, 0.1) is 30.6 Å². The second-order valence-electron chi connectivity index (χ2n) is 5.92. The Kier molecular flexibility index (Phi) is 4.57. The van der Waals surface area contributed by atoms with Crippen LogP contribution in [-0.4, -0.2) is 38.0 Å². The number of pyridine rings is 1. The summed E-state index contributed by atoms with van der Waals surface area (Å²) in [5.41, 5.74) is 0.373. The fourth-order valence-electron chi connectivity index (χ4n) is 2.97. The van der Waals surface area contributed by atoms with E-state index in [2.05, 4.69) is 20.7 Å². The van der Waals surface area contributed by atoms with Crippen LogP contribution in [0.3, 0.4) is 0 Å². The number of carbonyl (C=O) groups excluding carboxylic acids is 1. The number of aliphatic hydroxyl groups excluding tert-OH is 1. The average Bonchev–Trinajstić information content (AvgIpc) is 3.19. The number of nitrogens with zero attached hydrogens (tertiary/aromatic N) is 3. The number of rotatable bonds is 5. The van der Waals surface area contributed by atoms with E-state index in [0.29, 0.717) is 12.4 Å². The van der Waals surface area contributed by atoms with E-state index in [9.17, 15) is 9.90 Å². The molecule has 1 saturated carbocycles. The van der Waals surface area contributed by atoms with Crippen molar-refractivity contribution in [1.82, 2.24) is 20.1 Å². The van der Waals surface area contributed by atoms with Crippen molar-refractivity contribution >= 4 is 11.8 Å². The van der Waals surface area contributed by atoms with E-state index in [-0.39, 0.29) is 12.6 Å². The van der Waals surface area contributed by atoms with Gasteiger partial charge in [0.1, 0.15) is 5.82 Å². The highest BCUT2D eigenvalue weighted by atomic mass is 16.3. The van der Waals surface area contributed by atoms with E-state index in [0.717, 1.165) is 31.4 Å². The predicted octanol–water partition coefficient (Wildman–Crippen LogP) is 1.75. The Balaban J connectivity index is 1.64. The number of hydrogen-bond acceptors (Lipinski definition) is 4. The molecule has 0 aliphatic heterocycles. The quantitative estimate of drug-likeness (QED) is 0.784. The Morgan fingerprint density at radius 1 is 1.26 bits per heavy atom. The molecule has 2 heterocycles. The maximum absolute atomic E-state index is 12.2. The molecule has 2 aromatic heterocycles. The number of anilines is 1. The van der Waals surface area contributed by atoms with Crippen molar-refractivity contribution in [2.24, 2.45) is 0 Å². The molecule has 0 aromatic carbocycles. The molecule has 1 fully saturated rings. The average molecular weight is 315 g/mol. The number of urea groups is 1. The van der Waals surface area contributed by atoms with Gasteiger partial charge >= 0.3 is 6.03 Å². The van der Waals surface area contributed by atoms with Crippen molar-refractivity contribution in [3.8, 4) is 0 Å². The van der Waals surface area contributed by atoms with Crippen LogP contribution in [0.15, 0.2) is 36.7 Å². The van der Waals surface area contributed by atoms with Gasteiger partial charge in [0.25, 0.3) is 0 Å². The van der Waals surface area contributed by atoms with Crippen molar-refractivity contribution in [3.05, 3.63) is 42.4 Å². The first kappa shape index (κ1) is 15.5. The van der Waals surface area contributed by atoms with Crippen LogP contribution in [0.4, 0.5) is 10.6 Å². The molecule has 2 amide bonds. The van der Waals surface area contributed by atoms with Crippen molar-refractivity contribution in [1.29, 1.82) is 0 Å². The molecule has 1 aliphatic rings. The Morgan fingerprint density at radius 2 is 2.09 bits per heavy atom. The fourth-order valence-corrected chi connectivity index (χ4v) is 2.97. The minimum Gasteiger partial charge on any atom is -0.394 e. The van der Waals surface area contributed by atoms with Crippen LogP contribution in [0.2, 0.25) is 0 Å². The third kappa shape index (κ3) is 3.68. The minimum absolute atomic E-state index is 0.0341. The summed E-state index contributed by atoms with van der Waals surface area (Å²) < 4.78 is 1.68. The third-order valence-corrected chi connectivity index (χ3v) is 4.24. The second-order valence-corrected chi connectivity index (χ2v) is 5.92. The van der Waals surface area contributed by atoms with Gasteiger partial charge in [-0.2, -0.15) is 5.10 Å². The number of carbonyl (C=O) groups is 1. The zero-order valence-electron chi connectivity index (χ0n) is 12.9. The second kappa shape index (κ2) is 6.78. The molecule has 0 radical (unpaired) electrons. The molecule has 3 rings (SSSR count). The Labute approximate surface area is 134 Å². The first-order chi connectivity index (χ1) is 11.2. The van der Waals surface area contributed by atoms with Gasteiger partial charge in [0.2, 0.25) is 0 Å². The highest BCUT2D eigenvalue weighted by Gasteiger charge is 2.34. The van der Waals surface area contributed by atoms with E-state index in [1.54, 1.807) is 23.1 Å². The molecule has 23 heavy (non-hydrogen) atoms. The lowest BCUT2D eigenvalue weighted by molar-refractivity contribution is 0.167. The van der Waals surface area contributed by atoms with E-state index in [4.69, 9.17) is 0 Å². The van der Waals surface area contributed by atoms with Gasteiger partial charge in [-0.1, -0.05) is 18.9 Å². The van der Waals surface area contributed by atoms with Crippen molar-refractivity contribution in [3.63, 3.8) is 0 Å². The fraction of sp³-hybridized carbons (Fsp3) is 0.438. The number of nitrogens with one attached hydrogen (secondary N) is 2. The van der Waals surface area contributed by atoms with Gasteiger partial charge < -0.3 is 10.4 Å². The summed E-state index contributed by atoms with van der Waals surface area (Å²) in [5, 5.41) is 19.5. The molecular formula is C16H21N5O2. The normalized spacial score (nSPS) is 16.2. The van der Waals surface area contributed by atoms with E-state index in [1.807, 2.05) is 18.2 Å². The van der Waals surface area contributed by atoms with Crippen LogP contribution in [0, 0.1) is 0 Å². The summed E-state index contributed by atoms with van der Waals surface area (Å²) in [6.45, 7) is 0.447. The molecule has 7 heteroatoms. The monoisotopic (exact) mass is 315 g/mol. The van der Waals surface area contributed by atoms with Crippen molar-refractivity contribution < 1.29 is 9.90 Å². The van der Waals surface area contributed by atoms with Gasteiger partial charge in [-0.3, -0.25) is 10.3 Å². The number of amides is 2. The largest absolute Gasteiger partial charge is 0.394 e. The minimum atomic E-state index is -0.490. The van der Waals surface area contributed by atoms with E-state index in [1.165, 1.54) is 0 Å². The SMILES string of the molecule is O=C(Nc1ccnn1Cc1ccccn1)NC1(CO)CCCC1. The molecule has 0 spiro atoms. The molecular weight excluding hydrogens is 294 g/mol. The lowest BCUT2D eigenvalue weighted by Crippen LogP contribution is -2.50. The highest BCUT2D eigenvalue weighted by Crippen LogP contribution is 2.29. The third-order valence-electron chi connectivity index (χ3n) is 4.24. The van der Waals surface area contributed by atoms with Crippen LogP contribution in [0.5, 0.6) is 0 Å². The van der Waals surface area contributed by atoms with Crippen molar-refractivity contribution in [2.45, 2.75) is 37.8 Å². The van der Waals surface area contributed by atoms with E-state index < -0.39 is 5.54 Å². The standard InChI is InChI=1S/C16H21N5O2/c22-12-16(7-2-3-8-16)20-15(23)19-14-6-10-18-21(14)11-13-5-1-4-9-17-13/h1,4-6,9-10,22H,2-3,7-8,11-12H2,(H2,19,20,23). The Hall–Kier alpha value is -2.41.